The molecule has 0 spiro atoms. The van der Waals surface area contributed by atoms with E-state index in [1.165, 1.54) is 11.3 Å². The number of hydrogen-bond acceptors (Lipinski definition) is 4. The average Bonchev–Trinajstić information content (AvgIpc) is 2.87. The van der Waals surface area contributed by atoms with Crippen LogP contribution in [0.15, 0.2) is 16.8 Å². The molecule has 0 unspecified atom stereocenters. The average molecular weight is 282 g/mol. The van der Waals surface area contributed by atoms with Crippen molar-refractivity contribution in [1.29, 1.82) is 0 Å². The molecule has 104 valence electrons. The standard InChI is InChI=1S/C13H18N2O3S/c16-9-13(4-1-5-13)15-11(17)2-6-14-12(18)10-3-7-19-8-10/h3,7-8,16H,1-2,4-6,9H2,(H,14,18)(H,15,17). The van der Waals surface area contributed by atoms with Crippen LogP contribution in [-0.2, 0) is 4.79 Å². The van der Waals surface area contributed by atoms with Gasteiger partial charge in [-0.1, -0.05) is 0 Å². The number of thiophene rings is 1. The summed E-state index contributed by atoms with van der Waals surface area (Å²) >= 11 is 1.46. The van der Waals surface area contributed by atoms with E-state index in [-0.39, 0.29) is 24.8 Å². The minimum absolute atomic E-state index is 0.0139. The van der Waals surface area contributed by atoms with Crippen molar-refractivity contribution in [2.75, 3.05) is 13.2 Å². The van der Waals surface area contributed by atoms with E-state index in [4.69, 9.17) is 0 Å². The van der Waals surface area contributed by atoms with Gasteiger partial charge in [0.05, 0.1) is 12.1 Å². The van der Waals surface area contributed by atoms with Crippen molar-refractivity contribution in [3.8, 4) is 0 Å². The first-order chi connectivity index (χ1) is 9.15. The highest BCUT2D eigenvalue weighted by Crippen LogP contribution is 2.31. The maximum absolute atomic E-state index is 11.7. The molecule has 6 heteroatoms. The van der Waals surface area contributed by atoms with E-state index in [0.29, 0.717) is 12.1 Å². The highest BCUT2D eigenvalue weighted by molar-refractivity contribution is 7.08. The molecule has 1 aromatic heterocycles. The molecule has 0 bridgehead atoms. The molecule has 0 radical (unpaired) electrons. The van der Waals surface area contributed by atoms with E-state index in [1.54, 1.807) is 11.4 Å². The molecular formula is C13H18N2O3S. The third kappa shape index (κ3) is 3.54. The zero-order valence-electron chi connectivity index (χ0n) is 10.6. The molecule has 1 aromatic rings. The Morgan fingerprint density at radius 1 is 1.42 bits per heavy atom. The van der Waals surface area contributed by atoms with E-state index in [1.807, 2.05) is 5.38 Å². The van der Waals surface area contributed by atoms with Crippen LogP contribution in [0, 0.1) is 0 Å². The summed E-state index contributed by atoms with van der Waals surface area (Å²) in [6.07, 6.45) is 2.93. The summed E-state index contributed by atoms with van der Waals surface area (Å²) in [5, 5.41) is 18.4. The molecule has 0 saturated heterocycles. The van der Waals surface area contributed by atoms with Gasteiger partial charge in [-0.3, -0.25) is 9.59 Å². The van der Waals surface area contributed by atoms with Gasteiger partial charge in [0.15, 0.2) is 0 Å². The van der Waals surface area contributed by atoms with Gasteiger partial charge in [-0.05, 0) is 30.7 Å². The molecule has 3 N–H and O–H groups in total. The Bertz CT molecular complexity index is 435. The van der Waals surface area contributed by atoms with Crippen LogP contribution in [0.1, 0.15) is 36.0 Å². The summed E-state index contributed by atoms with van der Waals surface area (Å²) < 4.78 is 0. The molecule has 1 saturated carbocycles. The maximum atomic E-state index is 11.7. The van der Waals surface area contributed by atoms with E-state index in [2.05, 4.69) is 10.6 Å². The number of aliphatic hydroxyl groups excluding tert-OH is 1. The molecule has 0 atom stereocenters. The van der Waals surface area contributed by atoms with Gasteiger partial charge in [-0.15, -0.1) is 0 Å². The van der Waals surface area contributed by atoms with Crippen LogP contribution in [0.25, 0.3) is 0 Å². The SMILES string of the molecule is O=C(CCNC(=O)c1ccsc1)NC1(CO)CCC1. The minimum Gasteiger partial charge on any atom is -0.394 e. The van der Waals surface area contributed by atoms with Crippen molar-refractivity contribution < 1.29 is 14.7 Å². The van der Waals surface area contributed by atoms with Crippen LogP contribution in [0.2, 0.25) is 0 Å². The second kappa shape index (κ2) is 6.16. The smallest absolute Gasteiger partial charge is 0.252 e. The zero-order chi connectivity index (χ0) is 13.7. The van der Waals surface area contributed by atoms with E-state index in [0.717, 1.165) is 19.3 Å². The molecule has 5 nitrogen and oxygen atoms in total. The third-order valence-corrected chi connectivity index (χ3v) is 4.12. The van der Waals surface area contributed by atoms with Crippen LogP contribution in [0.3, 0.4) is 0 Å². The fourth-order valence-corrected chi connectivity index (χ4v) is 2.71. The normalized spacial score (nSPS) is 16.5. The molecule has 2 rings (SSSR count). The second-order valence-electron chi connectivity index (χ2n) is 4.86. The summed E-state index contributed by atoms with van der Waals surface area (Å²) in [7, 11) is 0. The first-order valence-electron chi connectivity index (χ1n) is 6.37. The summed E-state index contributed by atoms with van der Waals surface area (Å²) in [5.41, 5.74) is 0.213. The predicted octanol–water partition coefficient (Wildman–Crippen LogP) is 0.899. The fourth-order valence-electron chi connectivity index (χ4n) is 2.07. The molecule has 1 aliphatic carbocycles. The van der Waals surface area contributed by atoms with Gasteiger partial charge < -0.3 is 15.7 Å². The molecule has 1 aliphatic rings. The van der Waals surface area contributed by atoms with Crippen molar-refractivity contribution in [2.45, 2.75) is 31.2 Å². The molecule has 0 aromatic carbocycles. The number of aliphatic hydroxyl groups is 1. The van der Waals surface area contributed by atoms with Crippen molar-refractivity contribution in [3.05, 3.63) is 22.4 Å². The van der Waals surface area contributed by atoms with Gasteiger partial charge in [-0.2, -0.15) is 11.3 Å². The van der Waals surface area contributed by atoms with Gasteiger partial charge in [0.25, 0.3) is 5.91 Å². The summed E-state index contributed by atoms with van der Waals surface area (Å²) in [6.45, 7) is 0.294. The number of amides is 2. The van der Waals surface area contributed by atoms with Gasteiger partial charge >= 0.3 is 0 Å². The van der Waals surface area contributed by atoms with Crippen LogP contribution in [-0.4, -0.2) is 35.6 Å². The Hall–Kier alpha value is -1.40. The van der Waals surface area contributed by atoms with Crippen LogP contribution in [0.4, 0.5) is 0 Å². The predicted molar refractivity (Wildman–Crippen MR) is 73.1 cm³/mol. The number of carbonyl (C=O) groups is 2. The number of carbonyl (C=O) groups excluding carboxylic acids is 2. The van der Waals surface area contributed by atoms with E-state index in [9.17, 15) is 14.7 Å². The van der Waals surface area contributed by atoms with Crippen LogP contribution < -0.4 is 10.6 Å². The Balaban J connectivity index is 1.68. The summed E-state index contributed by atoms with van der Waals surface area (Å²) in [6, 6.07) is 1.75. The Kier molecular flexibility index (Phi) is 4.55. The highest BCUT2D eigenvalue weighted by Gasteiger charge is 2.37. The lowest BCUT2D eigenvalue weighted by atomic mass is 9.77. The van der Waals surface area contributed by atoms with Gasteiger partial charge in [0.1, 0.15) is 0 Å². The molecule has 1 heterocycles. The summed E-state index contributed by atoms with van der Waals surface area (Å²) in [5.74, 6) is -0.283. The molecule has 0 aliphatic heterocycles. The van der Waals surface area contributed by atoms with Gasteiger partial charge in [0.2, 0.25) is 5.91 Å². The first kappa shape index (κ1) is 14.0. The maximum Gasteiger partial charge on any atom is 0.252 e. The lowest BCUT2D eigenvalue weighted by Gasteiger charge is -2.41. The lowest BCUT2D eigenvalue weighted by Crippen LogP contribution is -2.56. The van der Waals surface area contributed by atoms with Crippen molar-refractivity contribution in [3.63, 3.8) is 0 Å². The zero-order valence-corrected chi connectivity index (χ0v) is 11.5. The van der Waals surface area contributed by atoms with Crippen LogP contribution in [0.5, 0.6) is 0 Å². The highest BCUT2D eigenvalue weighted by atomic mass is 32.1. The minimum atomic E-state index is -0.408. The lowest BCUT2D eigenvalue weighted by molar-refractivity contribution is -0.124. The first-order valence-corrected chi connectivity index (χ1v) is 7.32. The van der Waals surface area contributed by atoms with Crippen molar-refractivity contribution in [2.24, 2.45) is 0 Å². The number of nitrogens with one attached hydrogen (secondary N) is 2. The van der Waals surface area contributed by atoms with Crippen molar-refractivity contribution >= 4 is 23.2 Å². The number of rotatable bonds is 6. The largest absolute Gasteiger partial charge is 0.394 e. The fraction of sp³-hybridized carbons (Fsp3) is 0.538. The van der Waals surface area contributed by atoms with Crippen LogP contribution >= 0.6 is 11.3 Å². The number of hydrogen-bond donors (Lipinski definition) is 3. The van der Waals surface area contributed by atoms with Gasteiger partial charge in [-0.25, -0.2) is 0 Å². The summed E-state index contributed by atoms with van der Waals surface area (Å²) in [4.78, 5) is 23.3. The van der Waals surface area contributed by atoms with Gasteiger partial charge in [0, 0.05) is 23.9 Å². The Morgan fingerprint density at radius 2 is 2.21 bits per heavy atom. The molecule has 19 heavy (non-hydrogen) atoms. The third-order valence-electron chi connectivity index (χ3n) is 3.44. The molecule has 1 fully saturated rings. The molecular weight excluding hydrogens is 264 g/mol. The van der Waals surface area contributed by atoms with E-state index < -0.39 is 5.54 Å². The molecule has 2 amide bonds. The quantitative estimate of drug-likeness (QED) is 0.725. The topological polar surface area (TPSA) is 78.4 Å². The Labute approximate surface area is 116 Å². The monoisotopic (exact) mass is 282 g/mol. The Morgan fingerprint density at radius 3 is 2.74 bits per heavy atom. The van der Waals surface area contributed by atoms with Crippen molar-refractivity contribution in [1.82, 2.24) is 10.6 Å². The van der Waals surface area contributed by atoms with E-state index >= 15 is 0 Å². The second-order valence-corrected chi connectivity index (χ2v) is 5.64.